The molecule has 2 aromatic rings. The summed E-state index contributed by atoms with van der Waals surface area (Å²) >= 11 is 1.68. The van der Waals surface area contributed by atoms with Crippen molar-refractivity contribution in [3.63, 3.8) is 0 Å². The van der Waals surface area contributed by atoms with Gasteiger partial charge < -0.3 is 10.2 Å². The number of carbonyl (C=O) groups excluding carboxylic acids is 2. The second-order valence-corrected chi connectivity index (χ2v) is 9.76. The first-order chi connectivity index (χ1) is 14.9. The summed E-state index contributed by atoms with van der Waals surface area (Å²) in [4.78, 5) is 29.0. The Balaban J connectivity index is 1.65. The third-order valence-corrected chi connectivity index (χ3v) is 6.92. The Morgan fingerprint density at radius 1 is 1.06 bits per heavy atom. The molecular formula is C26H34N2O2S. The Morgan fingerprint density at radius 3 is 2.45 bits per heavy atom. The molecule has 1 atom stereocenters. The molecule has 5 heteroatoms. The van der Waals surface area contributed by atoms with E-state index in [1.807, 2.05) is 32.0 Å². The van der Waals surface area contributed by atoms with Crippen molar-refractivity contribution in [3.05, 3.63) is 65.2 Å². The molecule has 0 aromatic heterocycles. The van der Waals surface area contributed by atoms with Crippen LogP contribution in [0.5, 0.6) is 0 Å². The summed E-state index contributed by atoms with van der Waals surface area (Å²) in [6.45, 7) is 6.42. The summed E-state index contributed by atoms with van der Waals surface area (Å²) in [5, 5.41) is 3.16. The largest absolute Gasteiger partial charge is 0.352 e. The fraction of sp³-hybridized carbons (Fsp3) is 0.462. The Hall–Kier alpha value is -2.27. The van der Waals surface area contributed by atoms with Crippen LogP contribution in [-0.4, -0.2) is 34.6 Å². The first-order valence-electron chi connectivity index (χ1n) is 11.3. The van der Waals surface area contributed by atoms with E-state index in [0.717, 1.165) is 28.9 Å². The second-order valence-electron chi connectivity index (χ2n) is 8.59. The van der Waals surface area contributed by atoms with Gasteiger partial charge in [-0.1, -0.05) is 60.4 Å². The van der Waals surface area contributed by atoms with Crippen LogP contribution in [-0.2, 0) is 16.1 Å². The average molecular weight is 439 g/mol. The van der Waals surface area contributed by atoms with E-state index in [-0.39, 0.29) is 17.9 Å². The van der Waals surface area contributed by atoms with Crippen molar-refractivity contribution in [3.8, 4) is 0 Å². The van der Waals surface area contributed by atoms with E-state index in [4.69, 9.17) is 0 Å². The van der Waals surface area contributed by atoms with Gasteiger partial charge >= 0.3 is 0 Å². The number of amides is 2. The van der Waals surface area contributed by atoms with Gasteiger partial charge in [0.2, 0.25) is 11.8 Å². The highest BCUT2D eigenvalue weighted by atomic mass is 32.2. The Kier molecular flexibility index (Phi) is 8.59. The minimum absolute atomic E-state index is 0.0233. The van der Waals surface area contributed by atoms with Gasteiger partial charge in [-0.05, 0) is 51.3 Å². The number of aryl methyl sites for hydroxylation is 2. The molecule has 166 valence electrons. The van der Waals surface area contributed by atoms with E-state index < -0.39 is 6.04 Å². The smallest absolute Gasteiger partial charge is 0.242 e. The molecule has 0 saturated heterocycles. The number of hydrogen-bond donors (Lipinski definition) is 1. The second kappa shape index (κ2) is 11.4. The predicted octanol–water partition coefficient (Wildman–Crippen LogP) is 5.26. The van der Waals surface area contributed by atoms with Gasteiger partial charge in [-0.2, -0.15) is 0 Å². The van der Waals surface area contributed by atoms with Crippen molar-refractivity contribution >= 4 is 23.6 Å². The zero-order valence-corrected chi connectivity index (χ0v) is 19.7. The van der Waals surface area contributed by atoms with E-state index in [2.05, 4.69) is 42.6 Å². The van der Waals surface area contributed by atoms with Gasteiger partial charge in [0, 0.05) is 29.7 Å². The molecule has 1 saturated carbocycles. The summed E-state index contributed by atoms with van der Waals surface area (Å²) in [6.07, 6.45) is 4.82. The van der Waals surface area contributed by atoms with Crippen molar-refractivity contribution in [2.24, 2.45) is 0 Å². The third-order valence-electron chi connectivity index (χ3n) is 5.91. The lowest BCUT2D eigenvalue weighted by atomic mass is 10.1. The molecule has 0 radical (unpaired) electrons. The minimum Gasteiger partial charge on any atom is -0.352 e. The van der Waals surface area contributed by atoms with Crippen LogP contribution in [0.1, 0.15) is 55.7 Å². The number of nitrogens with one attached hydrogen (secondary N) is 1. The highest BCUT2D eigenvalue weighted by Gasteiger charge is 2.28. The van der Waals surface area contributed by atoms with Gasteiger partial charge in [0.05, 0.1) is 0 Å². The number of nitrogens with zero attached hydrogens (tertiary/aromatic N) is 1. The molecule has 3 rings (SSSR count). The third kappa shape index (κ3) is 7.13. The zero-order chi connectivity index (χ0) is 22.2. The maximum absolute atomic E-state index is 13.2. The van der Waals surface area contributed by atoms with Crippen molar-refractivity contribution < 1.29 is 9.59 Å². The number of benzene rings is 2. The molecular weight excluding hydrogens is 404 g/mol. The molecule has 1 fully saturated rings. The highest BCUT2D eigenvalue weighted by Crippen LogP contribution is 2.21. The van der Waals surface area contributed by atoms with Crippen LogP contribution < -0.4 is 5.32 Å². The van der Waals surface area contributed by atoms with Crippen LogP contribution in [0.15, 0.2) is 53.4 Å². The predicted molar refractivity (Wildman–Crippen MR) is 128 cm³/mol. The quantitative estimate of drug-likeness (QED) is 0.543. The van der Waals surface area contributed by atoms with Gasteiger partial charge in [0.25, 0.3) is 0 Å². The summed E-state index contributed by atoms with van der Waals surface area (Å²) in [7, 11) is 0. The Labute approximate surface area is 190 Å². The molecule has 1 aliphatic carbocycles. The summed E-state index contributed by atoms with van der Waals surface area (Å²) in [6, 6.07) is 16.3. The number of carbonyl (C=O) groups is 2. The zero-order valence-electron chi connectivity index (χ0n) is 18.9. The van der Waals surface area contributed by atoms with Gasteiger partial charge in [-0.25, -0.2) is 0 Å². The van der Waals surface area contributed by atoms with Gasteiger partial charge in [0.1, 0.15) is 6.04 Å². The molecule has 0 unspecified atom stereocenters. The fourth-order valence-corrected chi connectivity index (χ4v) is 4.86. The van der Waals surface area contributed by atoms with Crippen LogP contribution in [0.2, 0.25) is 0 Å². The van der Waals surface area contributed by atoms with Gasteiger partial charge in [-0.3, -0.25) is 9.59 Å². The molecule has 2 amide bonds. The monoisotopic (exact) mass is 438 g/mol. The maximum Gasteiger partial charge on any atom is 0.242 e. The van der Waals surface area contributed by atoms with Crippen LogP contribution in [0.25, 0.3) is 0 Å². The number of thioether (sulfide) groups is 1. The van der Waals surface area contributed by atoms with Gasteiger partial charge in [0.15, 0.2) is 0 Å². The lowest BCUT2D eigenvalue weighted by Crippen LogP contribution is -2.49. The van der Waals surface area contributed by atoms with Crippen LogP contribution in [0.4, 0.5) is 0 Å². The highest BCUT2D eigenvalue weighted by molar-refractivity contribution is 7.99. The average Bonchev–Trinajstić information content (AvgIpc) is 3.26. The summed E-state index contributed by atoms with van der Waals surface area (Å²) < 4.78 is 0. The van der Waals surface area contributed by atoms with E-state index in [1.165, 1.54) is 18.4 Å². The van der Waals surface area contributed by atoms with E-state index in [1.54, 1.807) is 16.7 Å². The topological polar surface area (TPSA) is 49.4 Å². The van der Waals surface area contributed by atoms with Gasteiger partial charge in [-0.15, -0.1) is 11.8 Å². The minimum atomic E-state index is -0.488. The van der Waals surface area contributed by atoms with Crippen LogP contribution >= 0.6 is 11.8 Å². The lowest BCUT2D eigenvalue weighted by molar-refractivity contribution is -0.140. The van der Waals surface area contributed by atoms with Crippen molar-refractivity contribution in [1.29, 1.82) is 0 Å². The molecule has 31 heavy (non-hydrogen) atoms. The van der Waals surface area contributed by atoms with Crippen molar-refractivity contribution in [2.45, 2.75) is 76.4 Å². The molecule has 4 nitrogen and oxygen atoms in total. The number of hydrogen-bond acceptors (Lipinski definition) is 3. The Morgan fingerprint density at radius 2 is 1.77 bits per heavy atom. The standard InChI is InChI=1S/C26H34N2O2S/c1-19-11-13-24(14-12-19)31-16-15-25(29)28(18-22-8-6-7-20(2)17-22)21(3)26(30)27-23-9-4-5-10-23/h6-8,11-14,17,21,23H,4-5,9-10,15-16,18H2,1-3H3,(H,27,30)/t21-/m0/s1. The molecule has 1 aliphatic rings. The molecule has 2 aromatic carbocycles. The van der Waals surface area contributed by atoms with E-state index >= 15 is 0 Å². The van der Waals surface area contributed by atoms with E-state index in [0.29, 0.717) is 18.7 Å². The normalized spacial score (nSPS) is 14.9. The first-order valence-corrected chi connectivity index (χ1v) is 12.3. The SMILES string of the molecule is Cc1ccc(SCCC(=O)N(Cc2cccc(C)c2)[C@@H](C)C(=O)NC2CCCC2)cc1. The van der Waals surface area contributed by atoms with Crippen LogP contribution in [0.3, 0.4) is 0 Å². The fourth-order valence-electron chi connectivity index (χ4n) is 4.02. The maximum atomic E-state index is 13.2. The number of rotatable bonds is 9. The molecule has 0 heterocycles. The molecule has 1 N–H and O–H groups in total. The van der Waals surface area contributed by atoms with Crippen molar-refractivity contribution in [1.82, 2.24) is 10.2 Å². The van der Waals surface area contributed by atoms with Crippen molar-refractivity contribution in [2.75, 3.05) is 5.75 Å². The Bertz CT molecular complexity index is 875. The summed E-state index contributed by atoms with van der Waals surface area (Å²) in [5.41, 5.74) is 3.44. The lowest BCUT2D eigenvalue weighted by Gasteiger charge is -2.30. The molecule has 0 aliphatic heterocycles. The molecule has 0 bridgehead atoms. The summed E-state index contributed by atoms with van der Waals surface area (Å²) in [5.74, 6) is 0.678. The van der Waals surface area contributed by atoms with E-state index in [9.17, 15) is 9.59 Å². The first kappa shape index (κ1) is 23.4. The molecule has 0 spiro atoms. The van der Waals surface area contributed by atoms with Crippen LogP contribution in [0, 0.1) is 13.8 Å².